The lowest BCUT2D eigenvalue weighted by Crippen LogP contribution is -2.66. The van der Waals surface area contributed by atoms with Gasteiger partial charge in [-0.3, -0.25) is 19.2 Å². The van der Waals surface area contributed by atoms with E-state index in [0.717, 1.165) is 24.3 Å². The normalized spacial score (nSPS) is 19.7. The summed E-state index contributed by atoms with van der Waals surface area (Å²) in [6.45, 7) is 6.94. The number of hydrogen-bond donors (Lipinski definition) is 3. The molecule has 2 saturated heterocycles. The summed E-state index contributed by atoms with van der Waals surface area (Å²) in [7, 11) is 1.55. The van der Waals surface area contributed by atoms with Crippen LogP contribution in [0.15, 0.2) is 48.5 Å². The van der Waals surface area contributed by atoms with E-state index in [1.54, 1.807) is 29.0 Å². The van der Waals surface area contributed by atoms with Crippen LogP contribution >= 0.6 is 0 Å². The second-order valence-corrected chi connectivity index (χ2v) is 12.1. The highest BCUT2D eigenvalue weighted by Crippen LogP contribution is 2.23. The van der Waals surface area contributed by atoms with Gasteiger partial charge in [0.05, 0.1) is 12.1 Å². The van der Waals surface area contributed by atoms with Crippen LogP contribution in [-0.2, 0) is 32.0 Å². The van der Waals surface area contributed by atoms with Crippen LogP contribution in [0.5, 0.6) is 5.75 Å². The molecule has 2 aromatic rings. The van der Waals surface area contributed by atoms with E-state index in [-0.39, 0.29) is 49.2 Å². The Kier molecular flexibility index (Phi) is 11.9. The number of benzene rings is 2. The number of nitrogens with one attached hydrogen (secondary N) is 3. The number of carbonyl (C=O) groups excluding carboxylic acids is 4. The largest absolute Gasteiger partial charge is 0.491 e. The molecule has 2 fully saturated rings. The van der Waals surface area contributed by atoms with Crippen LogP contribution in [0.4, 0.5) is 4.39 Å². The Balaban J connectivity index is 1.55. The Hall–Kier alpha value is -3.99. The van der Waals surface area contributed by atoms with Crippen LogP contribution in [0, 0.1) is 5.82 Å². The molecule has 4 rings (SSSR count). The van der Waals surface area contributed by atoms with Gasteiger partial charge in [-0.1, -0.05) is 37.6 Å². The highest BCUT2D eigenvalue weighted by Gasteiger charge is 2.43. The Morgan fingerprint density at radius 1 is 1.02 bits per heavy atom. The van der Waals surface area contributed by atoms with Crippen molar-refractivity contribution < 1.29 is 28.3 Å². The molecule has 0 radical (unpaired) electrons. The molecule has 10 nitrogen and oxygen atoms in total. The van der Waals surface area contributed by atoms with E-state index in [1.807, 2.05) is 45.0 Å². The lowest BCUT2D eigenvalue weighted by atomic mass is 9.97. The summed E-state index contributed by atoms with van der Waals surface area (Å²) in [5.74, 6) is -0.886. The van der Waals surface area contributed by atoms with Crippen LogP contribution in [0.3, 0.4) is 0 Å². The molecule has 0 spiro atoms. The number of ether oxygens (including phenoxy) is 1. The zero-order valence-corrected chi connectivity index (χ0v) is 26.7. The van der Waals surface area contributed by atoms with E-state index >= 15 is 0 Å². The van der Waals surface area contributed by atoms with Crippen molar-refractivity contribution in [3.05, 3.63) is 65.5 Å². The van der Waals surface area contributed by atoms with E-state index in [0.29, 0.717) is 31.2 Å². The number of halogens is 1. The van der Waals surface area contributed by atoms with Gasteiger partial charge in [-0.25, -0.2) is 4.39 Å². The number of amides is 4. The van der Waals surface area contributed by atoms with Crippen molar-refractivity contribution in [2.45, 2.75) is 89.6 Å². The third kappa shape index (κ3) is 8.81. The fourth-order valence-electron chi connectivity index (χ4n) is 6.08. The van der Waals surface area contributed by atoms with Gasteiger partial charge in [0.15, 0.2) is 0 Å². The van der Waals surface area contributed by atoms with Gasteiger partial charge < -0.3 is 30.5 Å². The third-order valence-electron chi connectivity index (χ3n) is 8.37. The van der Waals surface area contributed by atoms with E-state index in [4.69, 9.17) is 4.74 Å². The topological polar surface area (TPSA) is 120 Å². The average molecular weight is 624 g/mol. The van der Waals surface area contributed by atoms with Crippen molar-refractivity contribution in [2.75, 3.05) is 26.7 Å². The molecule has 2 aromatic carbocycles. The van der Waals surface area contributed by atoms with E-state index in [2.05, 4.69) is 16.0 Å². The molecule has 3 N–H and O–H groups in total. The number of likely N-dealkylation sites (N-methyl/N-ethyl adjacent to an activating group) is 1. The van der Waals surface area contributed by atoms with E-state index in [1.165, 1.54) is 12.1 Å². The smallest absolute Gasteiger partial charge is 0.246 e. The van der Waals surface area contributed by atoms with Crippen LogP contribution < -0.4 is 20.7 Å². The van der Waals surface area contributed by atoms with Crippen LogP contribution in [0.2, 0.25) is 0 Å². The van der Waals surface area contributed by atoms with Gasteiger partial charge in [-0.15, -0.1) is 0 Å². The van der Waals surface area contributed by atoms with Crippen LogP contribution in [-0.4, -0.2) is 90.4 Å². The second kappa shape index (κ2) is 15.8. The zero-order chi connectivity index (χ0) is 32.5. The minimum Gasteiger partial charge on any atom is -0.491 e. The highest BCUT2D eigenvalue weighted by atomic mass is 19.1. The van der Waals surface area contributed by atoms with Gasteiger partial charge in [-0.05, 0) is 75.0 Å². The number of nitrogens with zero attached hydrogens (tertiary/aromatic N) is 2. The summed E-state index contributed by atoms with van der Waals surface area (Å²) in [4.78, 5) is 57.7. The standard InChI is InChI=1S/C34H46FN5O5/c1-5-7-29-34(44)40(30(32(42)36-4)21-24-11-15-26(16-12-24)45-22(2)3)19-18-39(29)33(43)28(20-23-9-13-25(35)14-10-23)38-31(41)27-8-6-17-37-27/h9-16,22,27-30,37H,5-8,17-21H2,1-4H3,(H,36,42)(H,38,41). The zero-order valence-electron chi connectivity index (χ0n) is 26.7. The number of rotatable bonds is 13. The molecule has 11 heteroatoms. The Morgan fingerprint density at radius 3 is 2.29 bits per heavy atom. The van der Waals surface area contributed by atoms with E-state index in [9.17, 15) is 23.6 Å². The Labute approximate surface area is 265 Å². The van der Waals surface area contributed by atoms with Crippen molar-refractivity contribution in [1.29, 1.82) is 0 Å². The second-order valence-electron chi connectivity index (χ2n) is 12.1. The minimum atomic E-state index is -0.939. The Morgan fingerprint density at radius 2 is 1.69 bits per heavy atom. The molecule has 0 aliphatic carbocycles. The van der Waals surface area contributed by atoms with Crippen LogP contribution in [0.25, 0.3) is 0 Å². The molecule has 0 bridgehead atoms. The molecular weight excluding hydrogens is 577 g/mol. The number of carbonyl (C=O) groups is 4. The quantitative estimate of drug-likeness (QED) is 0.316. The number of piperazine rings is 1. The lowest BCUT2D eigenvalue weighted by Gasteiger charge is -2.44. The lowest BCUT2D eigenvalue weighted by molar-refractivity contribution is -0.157. The van der Waals surface area contributed by atoms with Gasteiger partial charge in [0.25, 0.3) is 0 Å². The van der Waals surface area contributed by atoms with Crippen molar-refractivity contribution in [3.8, 4) is 5.75 Å². The maximum atomic E-state index is 14.2. The molecule has 4 amide bonds. The van der Waals surface area contributed by atoms with Crippen molar-refractivity contribution in [3.63, 3.8) is 0 Å². The van der Waals surface area contributed by atoms with Gasteiger partial charge in [0, 0.05) is 33.0 Å². The molecule has 4 unspecified atom stereocenters. The molecule has 2 aliphatic heterocycles. The predicted molar refractivity (Wildman–Crippen MR) is 169 cm³/mol. The minimum absolute atomic E-state index is 0.0320. The first-order chi connectivity index (χ1) is 21.6. The highest BCUT2D eigenvalue weighted by molar-refractivity contribution is 5.96. The predicted octanol–water partition coefficient (Wildman–Crippen LogP) is 2.59. The van der Waals surface area contributed by atoms with Crippen molar-refractivity contribution in [1.82, 2.24) is 25.8 Å². The monoisotopic (exact) mass is 623 g/mol. The Bertz CT molecular complexity index is 1310. The van der Waals surface area contributed by atoms with Crippen LogP contribution in [0.1, 0.15) is 57.6 Å². The maximum Gasteiger partial charge on any atom is 0.246 e. The molecular formula is C34H46FN5O5. The first kappa shape index (κ1) is 33.9. The summed E-state index contributed by atoms with van der Waals surface area (Å²) < 4.78 is 19.4. The first-order valence-corrected chi connectivity index (χ1v) is 16.0. The summed E-state index contributed by atoms with van der Waals surface area (Å²) in [5, 5.41) is 8.78. The SMILES string of the molecule is CCCC1C(=O)N(C(Cc2ccc(OC(C)C)cc2)C(=O)NC)CCN1C(=O)C(Cc1ccc(F)cc1)NC(=O)C1CCCN1. The summed E-state index contributed by atoms with van der Waals surface area (Å²) in [6.07, 6.45) is 3.07. The summed E-state index contributed by atoms with van der Waals surface area (Å²) >= 11 is 0. The number of hydrogen-bond acceptors (Lipinski definition) is 6. The van der Waals surface area contributed by atoms with Gasteiger partial charge >= 0.3 is 0 Å². The van der Waals surface area contributed by atoms with E-state index < -0.39 is 30.0 Å². The van der Waals surface area contributed by atoms with Gasteiger partial charge in [0.2, 0.25) is 23.6 Å². The third-order valence-corrected chi connectivity index (χ3v) is 8.37. The molecule has 0 aromatic heterocycles. The summed E-state index contributed by atoms with van der Waals surface area (Å²) in [5.41, 5.74) is 1.57. The fourth-order valence-corrected chi connectivity index (χ4v) is 6.08. The molecule has 0 saturated carbocycles. The summed E-state index contributed by atoms with van der Waals surface area (Å²) in [6, 6.07) is 10.4. The average Bonchev–Trinajstić information content (AvgIpc) is 3.57. The van der Waals surface area contributed by atoms with Crippen molar-refractivity contribution in [2.24, 2.45) is 0 Å². The molecule has 45 heavy (non-hydrogen) atoms. The van der Waals surface area contributed by atoms with Gasteiger partial charge in [0.1, 0.15) is 29.7 Å². The molecule has 244 valence electrons. The molecule has 2 heterocycles. The fraction of sp³-hybridized carbons (Fsp3) is 0.529. The van der Waals surface area contributed by atoms with Crippen molar-refractivity contribution >= 4 is 23.6 Å². The van der Waals surface area contributed by atoms with Gasteiger partial charge in [-0.2, -0.15) is 0 Å². The molecule has 2 aliphatic rings. The molecule has 4 atom stereocenters. The maximum absolute atomic E-state index is 14.2. The first-order valence-electron chi connectivity index (χ1n) is 16.0.